The Morgan fingerprint density at radius 2 is 1.91 bits per heavy atom. The third-order valence-electron chi connectivity index (χ3n) is 6.18. The van der Waals surface area contributed by atoms with Gasteiger partial charge in [0.05, 0.1) is 23.7 Å². The number of fused-ring (bicyclic) bond motifs is 1. The minimum Gasteiger partial charge on any atom is -0.495 e. The molecule has 2 heterocycles. The molecule has 2 aromatic carbocycles. The highest BCUT2D eigenvalue weighted by Crippen LogP contribution is 2.44. The van der Waals surface area contributed by atoms with Gasteiger partial charge in [-0.15, -0.1) is 0 Å². The summed E-state index contributed by atoms with van der Waals surface area (Å²) in [6.07, 6.45) is 2.24. The maximum atomic E-state index is 13.4. The molecule has 0 aliphatic carbocycles. The summed E-state index contributed by atoms with van der Waals surface area (Å²) in [6.45, 7) is 3.17. The maximum absolute atomic E-state index is 13.4. The number of anilines is 1. The van der Waals surface area contributed by atoms with Crippen LogP contribution >= 0.6 is 0 Å². The van der Waals surface area contributed by atoms with E-state index >= 15 is 0 Å². The minimum absolute atomic E-state index is 0.0588. The predicted octanol–water partition coefficient (Wildman–Crippen LogP) is 2.92. The van der Waals surface area contributed by atoms with Crippen LogP contribution in [0.5, 0.6) is 11.5 Å². The van der Waals surface area contributed by atoms with E-state index in [1.807, 2.05) is 24.3 Å². The number of piperidine rings is 1. The average Bonchev–Trinajstić information content (AvgIpc) is 2.75. The predicted molar refractivity (Wildman–Crippen MR) is 122 cm³/mol. The molecule has 0 aromatic heterocycles. The summed E-state index contributed by atoms with van der Waals surface area (Å²) in [7, 11) is -0.326. The van der Waals surface area contributed by atoms with Gasteiger partial charge in [-0.3, -0.25) is 4.79 Å². The molecule has 1 amide bonds. The molecule has 32 heavy (non-hydrogen) atoms. The Bertz CT molecular complexity index is 1110. The first-order valence-electron chi connectivity index (χ1n) is 10.7. The van der Waals surface area contributed by atoms with E-state index in [1.54, 1.807) is 0 Å². The molecule has 172 valence electrons. The highest BCUT2D eigenvalue weighted by molar-refractivity contribution is 7.89. The van der Waals surface area contributed by atoms with Crippen LogP contribution in [0.2, 0.25) is 0 Å². The van der Waals surface area contributed by atoms with E-state index in [0.29, 0.717) is 17.9 Å². The third kappa shape index (κ3) is 4.60. The highest BCUT2D eigenvalue weighted by Gasteiger charge is 2.43. The standard InChI is InChI=1S/C23H29N3O5S/c1-16(27)24-19-14-17(8-9-22(19)30-3)32(28,29)25-20-15-23(10-12-26(2)13-11-23)31-21-7-5-4-6-18(20)21/h4-9,14,20,25H,10-13,15H2,1-3H3,(H,24,27)/t20-/m0/s1. The van der Waals surface area contributed by atoms with Gasteiger partial charge in [0, 0.05) is 32.0 Å². The molecule has 9 heteroatoms. The van der Waals surface area contributed by atoms with Crippen LogP contribution in [0.1, 0.15) is 37.8 Å². The average molecular weight is 460 g/mol. The summed E-state index contributed by atoms with van der Waals surface area (Å²) >= 11 is 0. The second kappa shape index (κ2) is 8.73. The molecule has 0 radical (unpaired) electrons. The van der Waals surface area contributed by atoms with Crippen molar-refractivity contribution < 1.29 is 22.7 Å². The van der Waals surface area contributed by atoms with Gasteiger partial charge in [0.25, 0.3) is 0 Å². The largest absolute Gasteiger partial charge is 0.495 e. The Hall–Kier alpha value is -2.62. The fraction of sp³-hybridized carbons (Fsp3) is 0.435. The lowest BCUT2D eigenvalue weighted by molar-refractivity contribution is -0.114. The van der Waals surface area contributed by atoms with Gasteiger partial charge >= 0.3 is 0 Å². The van der Waals surface area contributed by atoms with Gasteiger partial charge in [0.15, 0.2) is 0 Å². The number of benzene rings is 2. The van der Waals surface area contributed by atoms with E-state index in [0.717, 1.165) is 37.2 Å². The number of sulfonamides is 1. The first-order valence-corrected chi connectivity index (χ1v) is 12.1. The first kappa shape index (κ1) is 22.6. The third-order valence-corrected chi connectivity index (χ3v) is 7.65. The van der Waals surface area contributed by atoms with Crippen LogP contribution in [-0.2, 0) is 14.8 Å². The number of likely N-dealkylation sites (tertiary alicyclic amines) is 1. The zero-order chi connectivity index (χ0) is 22.9. The van der Waals surface area contributed by atoms with Crippen LogP contribution in [0.25, 0.3) is 0 Å². The molecule has 8 nitrogen and oxygen atoms in total. The van der Waals surface area contributed by atoms with E-state index < -0.39 is 21.7 Å². The van der Waals surface area contributed by atoms with Crippen LogP contribution in [0.3, 0.4) is 0 Å². The molecular formula is C23H29N3O5S. The van der Waals surface area contributed by atoms with E-state index in [4.69, 9.17) is 9.47 Å². The second-order valence-electron chi connectivity index (χ2n) is 8.55. The Balaban J connectivity index is 1.65. The van der Waals surface area contributed by atoms with Crippen molar-refractivity contribution in [1.82, 2.24) is 9.62 Å². The highest BCUT2D eigenvalue weighted by atomic mass is 32.2. The summed E-state index contributed by atoms with van der Waals surface area (Å²) < 4.78 is 41.3. The van der Waals surface area contributed by atoms with Crippen molar-refractivity contribution in [1.29, 1.82) is 0 Å². The number of nitrogens with one attached hydrogen (secondary N) is 2. The number of rotatable bonds is 5. The van der Waals surface area contributed by atoms with Crippen molar-refractivity contribution in [3.05, 3.63) is 48.0 Å². The quantitative estimate of drug-likeness (QED) is 0.714. The topological polar surface area (TPSA) is 97.0 Å². The summed E-state index contributed by atoms with van der Waals surface area (Å²) in [4.78, 5) is 13.9. The van der Waals surface area contributed by atoms with Crippen LogP contribution in [0.4, 0.5) is 5.69 Å². The van der Waals surface area contributed by atoms with Crippen molar-refractivity contribution in [2.75, 3.05) is 32.6 Å². The van der Waals surface area contributed by atoms with E-state index in [2.05, 4.69) is 22.0 Å². The van der Waals surface area contributed by atoms with E-state index in [1.165, 1.54) is 32.2 Å². The number of para-hydroxylation sites is 1. The Morgan fingerprint density at radius 1 is 1.19 bits per heavy atom. The SMILES string of the molecule is COc1ccc(S(=O)(=O)N[C@H]2CC3(CCN(C)CC3)Oc3ccccc32)cc1NC(C)=O. The molecule has 1 atom stereocenters. The number of carbonyl (C=O) groups is 1. The van der Waals surface area contributed by atoms with Gasteiger partial charge in [-0.25, -0.2) is 13.1 Å². The Labute approximate surface area is 189 Å². The molecule has 1 fully saturated rings. The maximum Gasteiger partial charge on any atom is 0.241 e. The number of hydrogen-bond acceptors (Lipinski definition) is 6. The number of methoxy groups -OCH3 is 1. The van der Waals surface area contributed by atoms with Gasteiger partial charge in [-0.1, -0.05) is 18.2 Å². The molecule has 0 bridgehead atoms. The van der Waals surface area contributed by atoms with Crippen molar-refractivity contribution in [2.45, 2.75) is 42.7 Å². The molecule has 2 aliphatic heterocycles. The van der Waals surface area contributed by atoms with Gasteiger partial charge in [-0.2, -0.15) is 0 Å². The zero-order valence-electron chi connectivity index (χ0n) is 18.6. The normalized spacial score (nSPS) is 20.3. The molecule has 2 aliphatic rings. The summed E-state index contributed by atoms with van der Waals surface area (Å²) in [5, 5.41) is 2.63. The smallest absolute Gasteiger partial charge is 0.241 e. The number of carbonyl (C=O) groups excluding carboxylic acids is 1. The van der Waals surface area contributed by atoms with Crippen LogP contribution in [0.15, 0.2) is 47.4 Å². The number of ether oxygens (including phenoxy) is 2. The monoisotopic (exact) mass is 459 g/mol. The van der Waals surface area contributed by atoms with E-state index in [9.17, 15) is 13.2 Å². The van der Waals surface area contributed by atoms with Gasteiger partial charge < -0.3 is 19.7 Å². The van der Waals surface area contributed by atoms with Crippen molar-refractivity contribution >= 4 is 21.6 Å². The summed E-state index contributed by atoms with van der Waals surface area (Å²) in [5.41, 5.74) is 0.744. The molecule has 2 N–H and O–H groups in total. The van der Waals surface area contributed by atoms with Gasteiger partial charge in [-0.05, 0) is 44.2 Å². The molecule has 1 saturated heterocycles. The Morgan fingerprint density at radius 3 is 2.59 bits per heavy atom. The van der Waals surface area contributed by atoms with Crippen molar-refractivity contribution in [3.63, 3.8) is 0 Å². The van der Waals surface area contributed by atoms with E-state index in [-0.39, 0.29) is 10.8 Å². The molecule has 0 unspecified atom stereocenters. The number of hydrogen-bond donors (Lipinski definition) is 2. The lowest BCUT2D eigenvalue weighted by Gasteiger charge is -2.46. The fourth-order valence-corrected chi connectivity index (χ4v) is 5.69. The van der Waals surface area contributed by atoms with Crippen LogP contribution < -0.4 is 19.5 Å². The second-order valence-corrected chi connectivity index (χ2v) is 10.3. The molecule has 4 rings (SSSR count). The minimum atomic E-state index is -3.87. The lowest BCUT2D eigenvalue weighted by atomic mass is 9.81. The lowest BCUT2D eigenvalue weighted by Crippen LogP contribution is -2.51. The number of nitrogens with zero attached hydrogens (tertiary/aromatic N) is 1. The van der Waals surface area contributed by atoms with Gasteiger partial charge in [0.1, 0.15) is 17.1 Å². The summed E-state index contributed by atoms with van der Waals surface area (Å²) in [5.74, 6) is 0.805. The van der Waals surface area contributed by atoms with Crippen LogP contribution in [0, 0.1) is 0 Å². The van der Waals surface area contributed by atoms with Crippen LogP contribution in [-0.4, -0.2) is 52.1 Å². The fourth-order valence-electron chi connectivity index (χ4n) is 4.45. The molecule has 1 spiro atoms. The molecular weight excluding hydrogens is 430 g/mol. The molecule has 0 saturated carbocycles. The Kier molecular flexibility index (Phi) is 6.15. The zero-order valence-corrected chi connectivity index (χ0v) is 19.4. The summed E-state index contributed by atoms with van der Waals surface area (Å²) in [6, 6.07) is 11.6. The van der Waals surface area contributed by atoms with Crippen molar-refractivity contribution in [2.24, 2.45) is 0 Å². The first-order chi connectivity index (χ1) is 15.2. The van der Waals surface area contributed by atoms with Gasteiger partial charge in [0.2, 0.25) is 15.9 Å². The number of amides is 1. The van der Waals surface area contributed by atoms with Crippen molar-refractivity contribution in [3.8, 4) is 11.5 Å². The molecule has 2 aromatic rings.